The molecular weight excluding hydrogens is 713 g/mol. The van der Waals surface area contributed by atoms with Gasteiger partial charge in [0, 0.05) is 11.1 Å². The van der Waals surface area contributed by atoms with E-state index in [0.717, 1.165) is 62.4 Å². The molecule has 4 aromatic carbocycles. The van der Waals surface area contributed by atoms with Gasteiger partial charge in [0.05, 0.1) is 23.4 Å². The minimum absolute atomic E-state index is 0.0286. The highest BCUT2D eigenvalue weighted by atomic mass is 31.1. The molecule has 0 bridgehead atoms. The third-order valence-corrected chi connectivity index (χ3v) is 16.1. The van der Waals surface area contributed by atoms with Crippen LogP contribution < -0.4 is 10.4 Å². The Labute approximate surface area is 319 Å². The van der Waals surface area contributed by atoms with Gasteiger partial charge >= 0.3 is 14.0 Å². The molecular formula is C45H46FNO5PSi+. The molecule has 276 valence electrons. The van der Waals surface area contributed by atoms with Crippen molar-refractivity contribution in [2.24, 2.45) is 0 Å². The monoisotopic (exact) mass is 758 g/mol. The van der Waals surface area contributed by atoms with Crippen LogP contribution in [0.5, 0.6) is 0 Å². The number of hydrogen-bond donors (Lipinski definition) is 1. The Balaban J connectivity index is 1.31. The molecule has 0 saturated heterocycles. The van der Waals surface area contributed by atoms with Crippen LogP contribution in [0.15, 0.2) is 109 Å². The minimum atomic E-state index is -3.13. The van der Waals surface area contributed by atoms with Gasteiger partial charge in [0.15, 0.2) is 6.61 Å². The fraction of sp³-hybridized carbons (Fsp3) is 0.289. The van der Waals surface area contributed by atoms with E-state index >= 15 is 0 Å². The number of halogens is 1. The maximum absolute atomic E-state index is 14.1. The lowest BCUT2D eigenvalue weighted by atomic mass is 9.81. The molecule has 1 aliphatic carbocycles. The van der Waals surface area contributed by atoms with Gasteiger partial charge in [-0.3, -0.25) is 9.78 Å². The Morgan fingerprint density at radius 1 is 0.907 bits per heavy atom. The quantitative estimate of drug-likeness (QED) is 0.0776. The van der Waals surface area contributed by atoms with Crippen LogP contribution in [0, 0.1) is 17.7 Å². The molecule has 1 N–H and O–H groups in total. The van der Waals surface area contributed by atoms with Crippen LogP contribution >= 0.6 is 8.03 Å². The summed E-state index contributed by atoms with van der Waals surface area (Å²) in [6.07, 6.45) is 0.298. The molecule has 1 aliphatic rings. The maximum Gasteiger partial charge on any atom is 0.511 e. The van der Waals surface area contributed by atoms with Gasteiger partial charge in [-0.1, -0.05) is 144 Å². The Morgan fingerprint density at radius 2 is 1.52 bits per heavy atom. The van der Waals surface area contributed by atoms with Gasteiger partial charge in [0.25, 0.3) is 8.32 Å². The van der Waals surface area contributed by atoms with Gasteiger partial charge in [-0.05, 0) is 67.6 Å². The second-order valence-electron chi connectivity index (χ2n) is 15.0. The van der Waals surface area contributed by atoms with Crippen molar-refractivity contribution in [3.05, 3.63) is 137 Å². The number of nitrogens with zero attached hydrogens (tertiary/aromatic N) is 1. The van der Waals surface area contributed by atoms with Crippen molar-refractivity contribution < 1.29 is 27.8 Å². The fourth-order valence-electron chi connectivity index (χ4n) is 7.54. The summed E-state index contributed by atoms with van der Waals surface area (Å²) in [5.74, 6) is 5.08. The lowest BCUT2D eigenvalue weighted by Gasteiger charge is -2.44. The third-order valence-electron chi connectivity index (χ3n) is 9.93. The summed E-state index contributed by atoms with van der Waals surface area (Å²) in [4.78, 5) is 17.4. The number of carboxylic acids is 1. The first-order chi connectivity index (χ1) is 25.9. The Kier molecular flexibility index (Phi) is 12.0. The number of aliphatic carboxylic acids is 1. The summed E-state index contributed by atoms with van der Waals surface area (Å²) < 4.78 is 40.6. The molecule has 0 spiro atoms. The van der Waals surface area contributed by atoms with Gasteiger partial charge < -0.3 is 9.53 Å². The standard InChI is InChI=1S/C45H45FNO5PSi/c1-31(2)43-39(42(33-22-25-34(46)26-23-33)40-27-24-32-15-12-13-20-38(32)44(40)47-43)21-14-28-51-53(50)30-35(29-41(48)49)52-54(45(3,4)5,36-16-8-6-9-17-36)37-18-10-7-11-19-37/h6-13,15-20,22-23,25-26,31,35H,24,27-30H2,1-5H3/p+1. The summed E-state index contributed by atoms with van der Waals surface area (Å²) in [6, 6.07) is 34.7. The second-order valence-corrected chi connectivity index (χ2v) is 20.5. The molecule has 5 aromatic rings. The first-order valence-corrected chi connectivity index (χ1v) is 21.6. The number of fused-ring (bicyclic) bond motifs is 3. The van der Waals surface area contributed by atoms with Crippen molar-refractivity contribution in [2.45, 2.75) is 70.9 Å². The van der Waals surface area contributed by atoms with Crippen LogP contribution in [0.4, 0.5) is 4.39 Å². The van der Waals surface area contributed by atoms with Gasteiger partial charge in [0.2, 0.25) is 6.16 Å². The van der Waals surface area contributed by atoms with Crippen LogP contribution in [-0.2, 0) is 31.2 Å². The zero-order valence-corrected chi connectivity index (χ0v) is 33.3. The topological polar surface area (TPSA) is 85.7 Å². The van der Waals surface area contributed by atoms with Crippen LogP contribution in [-0.4, -0.2) is 43.2 Å². The number of pyridine rings is 1. The van der Waals surface area contributed by atoms with E-state index in [1.54, 1.807) is 12.1 Å². The van der Waals surface area contributed by atoms with E-state index in [1.165, 1.54) is 17.7 Å². The predicted octanol–water partition coefficient (Wildman–Crippen LogP) is 9.31. The number of aryl methyl sites for hydroxylation is 1. The lowest BCUT2D eigenvalue weighted by molar-refractivity contribution is -0.138. The second kappa shape index (κ2) is 16.7. The highest BCUT2D eigenvalue weighted by molar-refractivity contribution is 7.39. The predicted molar refractivity (Wildman–Crippen MR) is 217 cm³/mol. The summed E-state index contributed by atoms with van der Waals surface area (Å²) in [5, 5.41) is 11.6. The van der Waals surface area contributed by atoms with Crippen molar-refractivity contribution in [1.29, 1.82) is 0 Å². The SMILES string of the molecule is CC(C)c1nc2c(c(-c3ccc(F)cc3)c1C#CCO[P+](=O)CC(CC(=O)O)O[Si](c1ccccc1)(c1ccccc1)C(C)(C)C)CCc1ccccc1-2. The molecule has 9 heteroatoms. The number of carbonyl (C=O) groups is 1. The van der Waals surface area contributed by atoms with Crippen LogP contribution in [0.3, 0.4) is 0 Å². The minimum Gasteiger partial charge on any atom is -0.481 e. The highest BCUT2D eigenvalue weighted by Gasteiger charge is 2.52. The molecule has 0 radical (unpaired) electrons. The molecule has 0 saturated carbocycles. The van der Waals surface area contributed by atoms with Crippen molar-refractivity contribution in [2.75, 3.05) is 12.8 Å². The average molecular weight is 759 g/mol. The molecule has 2 atom stereocenters. The van der Waals surface area contributed by atoms with Crippen molar-refractivity contribution >= 4 is 32.7 Å². The smallest absolute Gasteiger partial charge is 0.481 e. The van der Waals surface area contributed by atoms with Crippen molar-refractivity contribution in [3.8, 4) is 34.2 Å². The van der Waals surface area contributed by atoms with E-state index in [4.69, 9.17) is 13.9 Å². The molecule has 2 unspecified atom stereocenters. The molecule has 0 amide bonds. The first-order valence-electron chi connectivity index (χ1n) is 18.4. The Bertz CT molecular complexity index is 2150. The number of carboxylic acid groups (broad SMARTS) is 1. The molecule has 6 rings (SSSR count). The molecule has 0 fully saturated rings. The van der Waals surface area contributed by atoms with E-state index in [0.29, 0.717) is 0 Å². The summed E-state index contributed by atoms with van der Waals surface area (Å²) in [5.41, 5.74) is 7.68. The number of rotatable bonds is 12. The van der Waals surface area contributed by atoms with Crippen LogP contribution in [0.1, 0.15) is 69.3 Å². The maximum atomic E-state index is 14.1. The lowest BCUT2D eigenvalue weighted by Crippen LogP contribution is -2.68. The van der Waals surface area contributed by atoms with Gasteiger partial charge in [0.1, 0.15) is 11.9 Å². The first kappa shape index (κ1) is 38.9. The van der Waals surface area contributed by atoms with Crippen LogP contribution in [0.25, 0.3) is 22.4 Å². The summed E-state index contributed by atoms with van der Waals surface area (Å²) in [7, 11) is -5.47. The number of aromatic nitrogens is 1. The van der Waals surface area contributed by atoms with Crippen LogP contribution in [0.2, 0.25) is 5.04 Å². The van der Waals surface area contributed by atoms with E-state index in [1.807, 2.05) is 72.8 Å². The largest absolute Gasteiger partial charge is 0.511 e. The fourth-order valence-corrected chi connectivity index (χ4v) is 13.2. The van der Waals surface area contributed by atoms with Crippen molar-refractivity contribution in [3.63, 3.8) is 0 Å². The zero-order valence-electron chi connectivity index (χ0n) is 31.4. The Morgan fingerprint density at radius 3 is 2.11 bits per heavy atom. The summed E-state index contributed by atoms with van der Waals surface area (Å²) >= 11 is 0. The van der Waals surface area contributed by atoms with Gasteiger partial charge in [-0.2, -0.15) is 0 Å². The van der Waals surface area contributed by atoms with Gasteiger partial charge in [-0.15, -0.1) is 4.52 Å². The normalized spacial score (nSPS) is 13.4. The van der Waals surface area contributed by atoms with E-state index in [9.17, 15) is 18.9 Å². The summed E-state index contributed by atoms with van der Waals surface area (Å²) in [6.45, 7) is 10.3. The average Bonchev–Trinajstić information content (AvgIpc) is 3.15. The molecule has 54 heavy (non-hydrogen) atoms. The molecule has 0 aliphatic heterocycles. The van der Waals surface area contributed by atoms with Gasteiger partial charge in [-0.25, -0.2) is 4.39 Å². The zero-order chi connectivity index (χ0) is 38.5. The van der Waals surface area contributed by atoms with E-state index in [2.05, 4.69) is 58.6 Å². The number of hydrogen-bond acceptors (Lipinski definition) is 5. The molecule has 1 heterocycles. The highest BCUT2D eigenvalue weighted by Crippen LogP contribution is 2.42. The van der Waals surface area contributed by atoms with Crippen molar-refractivity contribution in [1.82, 2.24) is 4.98 Å². The van der Waals surface area contributed by atoms with E-state index in [-0.39, 0.29) is 30.9 Å². The Hall–Kier alpha value is -4.77. The third kappa shape index (κ3) is 8.31. The molecule has 6 nitrogen and oxygen atoms in total. The molecule has 1 aromatic heterocycles. The van der Waals surface area contributed by atoms with E-state index < -0.39 is 33.5 Å². The number of benzene rings is 4.